The lowest BCUT2D eigenvalue weighted by atomic mass is 9.97. The molecule has 0 saturated heterocycles. The van der Waals surface area contributed by atoms with Crippen molar-refractivity contribution in [2.24, 2.45) is 0 Å². The summed E-state index contributed by atoms with van der Waals surface area (Å²) in [5, 5.41) is 5.26. The van der Waals surface area contributed by atoms with E-state index in [1.54, 1.807) is 0 Å². The zero-order valence-electron chi connectivity index (χ0n) is 19.7. The minimum atomic E-state index is -0.0451. The minimum Gasteiger partial charge on any atom is -0.352 e. The molecule has 6 rings (SSSR count). The van der Waals surface area contributed by atoms with E-state index in [-0.39, 0.29) is 5.91 Å². The van der Waals surface area contributed by atoms with Gasteiger partial charge in [0, 0.05) is 34.0 Å². The molecule has 4 aromatic carbocycles. The molecule has 174 valence electrons. The molecule has 0 atom stereocenters. The topological polar surface area (TPSA) is 57.8 Å². The summed E-state index contributed by atoms with van der Waals surface area (Å²) in [5.74, 6) is -0.0451. The van der Waals surface area contributed by atoms with Gasteiger partial charge in [-0.3, -0.25) is 4.79 Å². The Kier molecular flexibility index (Phi) is 5.76. The van der Waals surface area contributed by atoms with Crippen LogP contribution in [0.1, 0.15) is 15.9 Å². The highest BCUT2D eigenvalue weighted by Gasteiger charge is 2.12. The largest absolute Gasteiger partial charge is 0.352 e. The van der Waals surface area contributed by atoms with Crippen LogP contribution in [0.5, 0.6) is 0 Å². The summed E-state index contributed by atoms with van der Waals surface area (Å²) in [6, 6.07) is 38.8. The van der Waals surface area contributed by atoms with Crippen LogP contribution >= 0.6 is 0 Å². The summed E-state index contributed by atoms with van der Waals surface area (Å²) in [5.41, 5.74) is 8.19. The van der Waals surface area contributed by atoms with Crippen LogP contribution in [-0.2, 0) is 6.42 Å². The molecule has 0 spiro atoms. The smallest absolute Gasteiger partial charge is 0.251 e. The van der Waals surface area contributed by atoms with Gasteiger partial charge in [-0.25, -0.2) is 4.98 Å². The fourth-order valence-electron chi connectivity index (χ4n) is 4.72. The first-order valence-corrected chi connectivity index (χ1v) is 12.2. The Labute approximate surface area is 209 Å². The van der Waals surface area contributed by atoms with E-state index in [4.69, 9.17) is 4.98 Å². The number of H-pyrrole nitrogens is 1. The maximum absolute atomic E-state index is 12.3. The van der Waals surface area contributed by atoms with Crippen molar-refractivity contribution in [1.82, 2.24) is 15.3 Å². The van der Waals surface area contributed by atoms with Crippen LogP contribution in [0.3, 0.4) is 0 Å². The second-order valence-corrected chi connectivity index (χ2v) is 8.88. The number of carbonyl (C=O) groups excluding carboxylic acids is 1. The third-order valence-electron chi connectivity index (χ3n) is 6.55. The van der Waals surface area contributed by atoms with Gasteiger partial charge in [0.2, 0.25) is 0 Å². The fraction of sp³-hybridized carbons (Fsp3) is 0.0625. The highest BCUT2D eigenvalue weighted by molar-refractivity contribution is 6.06. The van der Waals surface area contributed by atoms with E-state index >= 15 is 0 Å². The zero-order valence-corrected chi connectivity index (χ0v) is 19.7. The number of nitrogens with one attached hydrogen (secondary N) is 2. The van der Waals surface area contributed by atoms with Gasteiger partial charge in [0.15, 0.2) is 0 Å². The zero-order chi connectivity index (χ0) is 24.3. The van der Waals surface area contributed by atoms with Crippen molar-refractivity contribution >= 4 is 27.8 Å². The van der Waals surface area contributed by atoms with E-state index in [1.807, 2.05) is 36.4 Å². The standard InChI is InChI=1S/C32H25N3O/c36-32(24-11-5-2-6-12-24)33-20-19-22-15-17-30-28(21-22)27-16-18-29(34-31(27)35-30)26-14-8-7-13-25(26)23-9-3-1-4-10-23/h1-18,21H,19-20H2,(H,33,36)(H,34,35). The van der Waals surface area contributed by atoms with Crippen LogP contribution in [0, 0.1) is 0 Å². The Balaban J connectivity index is 1.27. The molecule has 0 aliphatic carbocycles. The second kappa shape index (κ2) is 9.51. The Morgan fingerprint density at radius 2 is 1.44 bits per heavy atom. The maximum Gasteiger partial charge on any atom is 0.251 e. The molecule has 0 unspecified atom stereocenters. The van der Waals surface area contributed by atoms with Crippen molar-refractivity contribution in [3.63, 3.8) is 0 Å². The first-order chi connectivity index (χ1) is 17.8. The van der Waals surface area contributed by atoms with Gasteiger partial charge in [-0.2, -0.15) is 0 Å². The summed E-state index contributed by atoms with van der Waals surface area (Å²) in [6.45, 7) is 0.584. The highest BCUT2D eigenvalue weighted by Crippen LogP contribution is 2.33. The molecule has 2 heterocycles. The average Bonchev–Trinajstić information content (AvgIpc) is 3.31. The lowest BCUT2D eigenvalue weighted by molar-refractivity contribution is 0.0954. The molecule has 2 N–H and O–H groups in total. The average molecular weight is 468 g/mol. The molecule has 36 heavy (non-hydrogen) atoms. The van der Waals surface area contributed by atoms with E-state index in [0.717, 1.165) is 39.6 Å². The summed E-state index contributed by atoms with van der Waals surface area (Å²) in [4.78, 5) is 20.8. The number of amides is 1. The molecule has 2 aromatic heterocycles. The predicted octanol–water partition coefficient (Wildman–Crippen LogP) is 7.02. The molecule has 0 aliphatic rings. The van der Waals surface area contributed by atoms with Gasteiger partial charge >= 0.3 is 0 Å². The van der Waals surface area contributed by atoms with E-state index in [2.05, 4.69) is 89.2 Å². The molecule has 0 bridgehead atoms. The van der Waals surface area contributed by atoms with Gasteiger partial charge < -0.3 is 10.3 Å². The molecule has 0 saturated carbocycles. The Bertz CT molecular complexity index is 1670. The maximum atomic E-state index is 12.3. The first-order valence-electron chi connectivity index (χ1n) is 12.2. The number of aromatic amines is 1. The first kappa shape index (κ1) is 21.8. The van der Waals surface area contributed by atoms with Crippen molar-refractivity contribution in [1.29, 1.82) is 0 Å². The normalized spacial score (nSPS) is 11.1. The summed E-state index contributed by atoms with van der Waals surface area (Å²) in [7, 11) is 0. The third-order valence-corrected chi connectivity index (χ3v) is 6.55. The number of rotatable bonds is 6. The molecule has 4 nitrogen and oxygen atoms in total. The van der Waals surface area contributed by atoms with Gasteiger partial charge in [0.25, 0.3) is 5.91 Å². The van der Waals surface area contributed by atoms with Gasteiger partial charge in [0.05, 0.1) is 5.69 Å². The number of carbonyl (C=O) groups is 1. The van der Waals surface area contributed by atoms with Crippen molar-refractivity contribution in [2.75, 3.05) is 6.54 Å². The highest BCUT2D eigenvalue weighted by atomic mass is 16.1. The molecule has 4 heteroatoms. The molecular formula is C32H25N3O. The summed E-state index contributed by atoms with van der Waals surface area (Å²) < 4.78 is 0. The molecule has 0 aliphatic heterocycles. The molecule has 0 fully saturated rings. The number of hydrogen-bond donors (Lipinski definition) is 2. The summed E-state index contributed by atoms with van der Waals surface area (Å²) >= 11 is 0. The molecule has 0 radical (unpaired) electrons. The van der Waals surface area contributed by atoms with E-state index in [1.165, 1.54) is 16.7 Å². The van der Waals surface area contributed by atoms with Crippen molar-refractivity contribution in [3.05, 3.63) is 126 Å². The lowest BCUT2D eigenvalue weighted by Gasteiger charge is -2.09. The van der Waals surface area contributed by atoms with Crippen LogP contribution in [0.15, 0.2) is 115 Å². The Morgan fingerprint density at radius 3 is 2.25 bits per heavy atom. The predicted molar refractivity (Wildman–Crippen MR) is 147 cm³/mol. The van der Waals surface area contributed by atoms with Crippen molar-refractivity contribution < 1.29 is 4.79 Å². The number of hydrogen-bond acceptors (Lipinski definition) is 2. The Hall–Kier alpha value is -4.70. The van der Waals surface area contributed by atoms with Gasteiger partial charge in [0.1, 0.15) is 5.65 Å². The molecular weight excluding hydrogens is 442 g/mol. The van der Waals surface area contributed by atoms with E-state index < -0.39 is 0 Å². The minimum absolute atomic E-state index is 0.0451. The quantitative estimate of drug-likeness (QED) is 0.276. The second-order valence-electron chi connectivity index (χ2n) is 8.88. The summed E-state index contributed by atoms with van der Waals surface area (Å²) in [6.07, 6.45) is 0.761. The van der Waals surface area contributed by atoms with Crippen molar-refractivity contribution in [2.45, 2.75) is 6.42 Å². The van der Waals surface area contributed by atoms with E-state index in [0.29, 0.717) is 12.1 Å². The van der Waals surface area contributed by atoms with E-state index in [9.17, 15) is 4.79 Å². The molecule has 1 amide bonds. The third kappa shape index (κ3) is 4.25. The lowest BCUT2D eigenvalue weighted by Crippen LogP contribution is -2.25. The van der Waals surface area contributed by atoms with Gasteiger partial charge in [-0.1, -0.05) is 78.9 Å². The van der Waals surface area contributed by atoms with Crippen LogP contribution in [0.4, 0.5) is 0 Å². The van der Waals surface area contributed by atoms with Crippen LogP contribution in [0.25, 0.3) is 44.3 Å². The monoisotopic (exact) mass is 467 g/mol. The fourth-order valence-corrected chi connectivity index (χ4v) is 4.72. The number of nitrogens with zero attached hydrogens (tertiary/aromatic N) is 1. The van der Waals surface area contributed by atoms with Gasteiger partial charge in [-0.15, -0.1) is 0 Å². The molecule has 6 aromatic rings. The van der Waals surface area contributed by atoms with Crippen molar-refractivity contribution in [3.8, 4) is 22.4 Å². The van der Waals surface area contributed by atoms with Crippen LogP contribution in [-0.4, -0.2) is 22.4 Å². The SMILES string of the molecule is O=C(NCCc1ccc2[nH]c3nc(-c4ccccc4-c4ccccc4)ccc3c2c1)c1ccccc1. The van der Waals surface area contributed by atoms with Crippen LogP contribution in [0.2, 0.25) is 0 Å². The van der Waals surface area contributed by atoms with Gasteiger partial charge in [-0.05, 0) is 59.5 Å². The van der Waals surface area contributed by atoms with Crippen LogP contribution < -0.4 is 5.32 Å². The Morgan fingerprint density at radius 1 is 0.722 bits per heavy atom. The number of benzene rings is 4. The number of aromatic nitrogens is 2. The number of pyridine rings is 1. The number of fused-ring (bicyclic) bond motifs is 3.